The van der Waals surface area contributed by atoms with Crippen LogP contribution in [0.25, 0.3) is 0 Å². The maximum absolute atomic E-state index is 13.7. The summed E-state index contributed by atoms with van der Waals surface area (Å²) in [6.07, 6.45) is 2.31. The van der Waals surface area contributed by atoms with Crippen molar-refractivity contribution in [2.75, 3.05) is 33.4 Å². The van der Waals surface area contributed by atoms with Gasteiger partial charge in [0, 0.05) is 26.1 Å². The summed E-state index contributed by atoms with van der Waals surface area (Å²) in [6.45, 7) is 5.31. The number of piperidine rings is 1. The van der Waals surface area contributed by atoms with Crippen molar-refractivity contribution in [3.63, 3.8) is 0 Å². The topological polar surface area (TPSA) is 29.5 Å². The maximum Gasteiger partial charge on any atom is 0.169 e. The van der Waals surface area contributed by atoms with Gasteiger partial charge in [-0.25, -0.2) is 4.39 Å². The molecule has 0 saturated carbocycles. The monoisotopic (exact) mass is 293 g/mol. The number of Topliss-reactive ketones (excluding diaryl/α,β-unsaturated/α-hetero) is 1. The molecule has 1 aromatic carbocycles. The number of ether oxygens (including phenoxy) is 1. The minimum absolute atomic E-state index is 0.109. The number of rotatable bonds is 6. The van der Waals surface area contributed by atoms with Crippen LogP contribution in [0.1, 0.15) is 30.1 Å². The van der Waals surface area contributed by atoms with Crippen LogP contribution in [0.4, 0.5) is 4.39 Å². The second-order valence-electron chi connectivity index (χ2n) is 5.97. The Morgan fingerprint density at radius 2 is 2.24 bits per heavy atom. The fourth-order valence-corrected chi connectivity index (χ4v) is 3.09. The standard InChI is InChI=1S/C17H24FNO2/c1-13(17(20)15-7-3-4-8-16(15)18)10-19-9-5-6-14(11-19)12-21-2/h3-4,7-8,13-14H,5-6,9-12H2,1-2H3. The van der Waals surface area contributed by atoms with Crippen LogP contribution in [0, 0.1) is 17.7 Å². The average molecular weight is 293 g/mol. The van der Waals surface area contributed by atoms with E-state index in [0.29, 0.717) is 12.5 Å². The molecule has 1 heterocycles. The van der Waals surface area contributed by atoms with Crippen LogP contribution in [0.5, 0.6) is 0 Å². The van der Waals surface area contributed by atoms with Crippen LogP contribution in [-0.2, 0) is 4.74 Å². The first-order valence-corrected chi connectivity index (χ1v) is 7.62. The highest BCUT2D eigenvalue weighted by Gasteiger charge is 2.25. The zero-order valence-corrected chi connectivity index (χ0v) is 12.8. The maximum atomic E-state index is 13.7. The molecular formula is C17H24FNO2. The molecule has 1 aliphatic heterocycles. The molecule has 0 bridgehead atoms. The van der Waals surface area contributed by atoms with Crippen LogP contribution < -0.4 is 0 Å². The van der Waals surface area contributed by atoms with Gasteiger partial charge in [-0.1, -0.05) is 19.1 Å². The average Bonchev–Trinajstić information content (AvgIpc) is 2.48. The highest BCUT2D eigenvalue weighted by atomic mass is 19.1. The summed E-state index contributed by atoms with van der Waals surface area (Å²) in [4.78, 5) is 14.7. The fourth-order valence-electron chi connectivity index (χ4n) is 3.09. The van der Waals surface area contributed by atoms with Gasteiger partial charge in [0.25, 0.3) is 0 Å². The second kappa shape index (κ2) is 7.66. The first-order chi connectivity index (χ1) is 10.1. The number of ketones is 1. The quantitative estimate of drug-likeness (QED) is 0.755. The number of likely N-dealkylation sites (tertiary alicyclic amines) is 1. The molecule has 4 heteroatoms. The summed E-state index contributed by atoms with van der Waals surface area (Å²) < 4.78 is 18.9. The molecule has 0 aromatic heterocycles. The molecule has 21 heavy (non-hydrogen) atoms. The Balaban J connectivity index is 1.93. The molecule has 2 unspecified atom stereocenters. The molecule has 0 amide bonds. The smallest absolute Gasteiger partial charge is 0.169 e. The van der Waals surface area contributed by atoms with Gasteiger partial charge in [0.2, 0.25) is 0 Å². The molecule has 116 valence electrons. The lowest BCUT2D eigenvalue weighted by Crippen LogP contribution is -2.40. The Hall–Kier alpha value is -1.26. The lowest BCUT2D eigenvalue weighted by molar-refractivity contribution is 0.0737. The predicted molar refractivity (Wildman–Crippen MR) is 80.9 cm³/mol. The van der Waals surface area contributed by atoms with Crippen LogP contribution in [0.3, 0.4) is 0 Å². The lowest BCUT2D eigenvalue weighted by atomic mass is 9.95. The zero-order valence-electron chi connectivity index (χ0n) is 12.8. The SMILES string of the molecule is COCC1CCCN(CC(C)C(=O)c2ccccc2F)C1. The van der Waals surface area contributed by atoms with E-state index < -0.39 is 5.82 Å². The molecule has 1 fully saturated rings. The van der Waals surface area contributed by atoms with Gasteiger partial charge in [0.15, 0.2) is 5.78 Å². The van der Waals surface area contributed by atoms with E-state index in [-0.39, 0.29) is 17.3 Å². The normalized spacial score (nSPS) is 21.2. The van der Waals surface area contributed by atoms with Gasteiger partial charge in [0.05, 0.1) is 12.2 Å². The summed E-state index contributed by atoms with van der Waals surface area (Å²) >= 11 is 0. The highest BCUT2D eigenvalue weighted by molar-refractivity contribution is 5.98. The Bertz CT molecular complexity index is 476. The van der Waals surface area contributed by atoms with E-state index in [4.69, 9.17) is 4.74 Å². The third-order valence-electron chi connectivity index (χ3n) is 4.12. The van der Waals surface area contributed by atoms with Crippen LogP contribution in [0.2, 0.25) is 0 Å². The van der Waals surface area contributed by atoms with E-state index >= 15 is 0 Å². The summed E-state index contributed by atoms with van der Waals surface area (Å²) in [5.41, 5.74) is 0.204. The van der Waals surface area contributed by atoms with E-state index in [1.165, 1.54) is 12.5 Å². The predicted octanol–water partition coefficient (Wildman–Crippen LogP) is 3.00. The second-order valence-corrected chi connectivity index (χ2v) is 5.97. The van der Waals surface area contributed by atoms with Gasteiger partial charge in [-0.05, 0) is 37.4 Å². The number of carbonyl (C=O) groups is 1. The first-order valence-electron chi connectivity index (χ1n) is 7.62. The van der Waals surface area contributed by atoms with Crippen molar-refractivity contribution in [3.05, 3.63) is 35.6 Å². The van der Waals surface area contributed by atoms with Crippen LogP contribution >= 0.6 is 0 Å². The number of benzene rings is 1. The van der Waals surface area contributed by atoms with Gasteiger partial charge in [0.1, 0.15) is 5.82 Å². The van der Waals surface area contributed by atoms with E-state index in [0.717, 1.165) is 26.1 Å². The molecule has 1 saturated heterocycles. The summed E-state index contributed by atoms with van der Waals surface area (Å²) in [5.74, 6) is -0.185. The Morgan fingerprint density at radius 3 is 2.95 bits per heavy atom. The Morgan fingerprint density at radius 1 is 1.48 bits per heavy atom. The van der Waals surface area contributed by atoms with Gasteiger partial charge in [-0.15, -0.1) is 0 Å². The molecule has 0 radical (unpaired) electrons. The summed E-state index contributed by atoms with van der Waals surface area (Å²) in [5, 5.41) is 0. The van der Waals surface area contributed by atoms with Crippen molar-refractivity contribution in [1.82, 2.24) is 4.90 Å². The largest absolute Gasteiger partial charge is 0.384 e. The molecule has 2 rings (SSSR count). The molecule has 0 spiro atoms. The Kier molecular flexibility index (Phi) is 5.88. The van der Waals surface area contributed by atoms with E-state index in [2.05, 4.69) is 4.90 Å². The molecule has 1 aromatic rings. The zero-order chi connectivity index (χ0) is 15.2. The van der Waals surface area contributed by atoms with Crippen molar-refractivity contribution in [1.29, 1.82) is 0 Å². The third kappa shape index (κ3) is 4.35. The van der Waals surface area contributed by atoms with E-state index in [1.807, 2.05) is 6.92 Å². The molecule has 0 aliphatic carbocycles. The van der Waals surface area contributed by atoms with Gasteiger partial charge in [-0.2, -0.15) is 0 Å². The van der Waals surface area contributed by atoms with Crippen molar-refractivity contribution in [2.24, 2.45) is 11.8 Å². The number of carbonyl (C=O) groups excluding carboxylic acids is 1. The summed E-state index contributed by atoms with van der Waals surface area (Å²) in [6, 6.07) is 6.23. The fraction of sp³-hybridized carbons (Fsp3) is 0.588. The molecule has 3 nitrogen and oxygen atoms in total. The van der Waals surface area contributed by atoms with Gasteiger partial charge >= 0.3 is 0 Å². The van der Waals surface area contributed by atoms with Crippen LogP contribution in [0.15, 0.2) is 24.3 Å². The minimum atomic E-state index is -0.426. The first kappa shape index (κ1) is 16.1. The molecule has 0 N–H and O–H groups in total. The molecular weight excluding hydrogens is 269 g/mol. The van der Waals surface area contributed by atoms with Crippen molar-refractivity contribution >= 4 is 5.78 Å². The Labute approximate surface area is 126 Å². The van der Waals surface area contributed by atoms with Crippen molar-refractivity contribution in [3.8, 4) is 0 Å². The molecule has 2 atom stereocenters. The summed E-state index contributed by atoms with van der Waals surface area (Å²) in [7, 11) is 1.73. The lowest BCUT2D eigenvalue weighted by Gasteiger charge is -2.33. The highest BCUT2D eigenvalue weighted by Crippen LogP contribution is 2.19. The van der Waals surface area contributed by atoms with Gasteiger partial charge in [-0.3, -0.25) is 4.79 Å². The van der Waals surface area contributed by atoms with E-state index in [9.17, 15) is 9.18 Å². The number of hydrogen-bond donors (Lipinski definition) is 0. The van der Waals surface area contributed by atoms with E-state index in [1.54, 1.807) is 25.3 Å². The third-order valence-corrected chi connectivity index (χ3v) is 4.12. The number of nitrogens with zero attached hydrogens (tertiary/aromatic N) is 1. The number of hydrogen-bond acceptors (Lipinski definition) is 3. The number of halogens is 1. The molecule has 1 aliphatic rings. The minimum Gasteiger partial charge on any atom is -0.384 e. The van der Waals surface area contributed by atoms with Crippen molar-refractivity contribution in [2.45, 2.75) is 19.8 Å². The number of methoxy groups -OCH3 is 1. The van der Waals surface area contributed by atoms with Crippen LogP contribution in [-0.4, -0.2) is 44.0 Å². The van der Waals surface area contributed by atoms with Crippen molar-refractivity contribution < 1.29 is 13.9 Å². The van der Waals surface area contributed by atoms with Gasteiger partial charge < -0.3 is 9.64 Å².